The number of aromatic amines is 1. The highest BCUT2D eigenvalue weighted by Crippen LogP contribution is 2.24. The van der Waals surface area contributed by atoms with Gasteiger partial charge >= 0.3 is 0 Å². The topological polar surface area (TPSA) is 92.7 Å². The number of benzene rings is 1. The van der Waals surface area contributed by atoms with Crippen LogP contribution in [0, 0.1) is 0 Å². The first-order chi connectivity index (χ1) is 8.22. The fraction of sp³-hybridized carbons (Fsp3) is 0.182. The van der Waals surface area contributed by atoms with Crippen molar-refractivity contribution in [3.63, 3.8) is 0 Å². The van der Waals surface area contributed by atoms with Gasteiger partial charge in [-0.05, 0) is 18.1 Å². The largest absolute Gasteiger partial charge is 0.384 e. The van der Waals surface area contributed by atoms with Gasteiger partial charge in [-0.2, -0.15) is 5.10 Å². The molecule has 0 aliphatic carbocycles. The second-order valence-corrected chi connectivity index (χ2v) is 4.16. The molecule has 1 atom stereocenters. The first-order valence-electron chi connectivity index (χ1n) is 5.20. The van der Waals surface area contributed by atoms with Crippen LogP contribution in [0.3, 0.4) is 0 Å². The normalized spacial score (nSPS) is 12.6. The number of hydrazine groups is 1. The van der Waals surface area contributed by atoms with E-state index >= 15 is 0 Å². The van der Waals surface area contributed by atoms with Crippen molar-refractivity contribution in [2.24, 2.45) is 5.84 Å². The molecule has 0 aliphatic heterocycles. The number of aromatic nitrogens is 2. The van der Waals surface area contributed by atoms with E-state index in [2.05, 4.69) is 15.6 Å². The Bertz CT molecular complexity index is 496. The van der Waals surface area contributed by atoms with Crippen molar-refractivity contribution < 1.29 is 0 Å². The van der Waals surface area contributed by atoms with Gasteiger partial charge in [0.25, 0.3) is 0 Å². The summed E-state index contributed by atoms with van der Waals surface area (Å²) in [5.41, 5.74) is 10.3. The SMILES string of the molecule is NNC(Cc1ccccc1Cl)c1cn[nH]c1N. The lowest BCUT2D eigenvalue weighted by Crippen LogP contribution is -2.30. The lowest BCUT2D eigenvalue weighted by Gasteiger charge is -2.15. The third kappa shape index (κ3) is 2.58. The Kier molecular flexibility index (Phi) is 3.63. The fourth-order valence-corrected chi connectivity index (χ4v) is 1.94. The minimum Gasteiger partial charge on any atom is -0.384 e. The Morgan fingerprint density at radius 1 is 1.41 bits per heavy atom. The standard InChI is InChI=1S/C11H14ClN5/c12-9-4-2-1-3-7(9)5-10(16-14)8-6-15-17-11(8)13/h1-4,6,10,16H,5,14H2,(H3,13,15,17). The number of nitrogens with two attached hydrogens (primary N) is 2. The van der Waals surface area contributed by atoms with E-state index in [0.717, 1.165) is 16.1 Å². The highest BCUT2D eigenvalue weighted by Gasteiger charge is 2.16. The molecule has 6 heteroatoms. The van der Waals surface area contributed by atoms with Crippen molar-refractivity contribution in [1.82, 2.24) is 15.6 Å². The number of nitrogens with zero attached hydrogens (tertiary/aromatic N) is 1. The molecule has 1 aromatic heterocycles. The molecule has 5 nitrogen and oxygen atoms in total. The number of rotatable bonds is 4. The van der Waals surface area contributed by atoms with Crippen LogP contribution in [-0.4, -0.2) is 10.2 Å². The average molecular weight is 252 g/mol. The van der Waals surface area contributed by atoms with E-state index in [-0.39, 0.29) is 6.04 Å². The minimum absolute atomic E-state index is 0.117. The summed E-state index contributed by atoms with van der Waals surface area (Å²) >= 11 is 6.10. The van der Waals surface area contributed by atoms with E-state index in [1.165, 1.54) is 0 Å². The van der Waals surface area contributed by atoms with Gasteiger partial charge in [0.15, 0.2) is 0 Å². The molecule has 0 saturated heterocycles. The van der Waals surface area contributed by atoms with Crippen LogP contribution >= 0.6 is 11.6 Å². The first-order valence-corrected chi connectivity index (χ1v) is 5.58. The van der Waals surface area contributed by atoms with Crippen LogP contribution < -0.4 is 17.0 Å². The third-order valence-electron chi connectivity index (χ3n) is 2.66. The van der Waals surface area contributed by atoms with Crippen molar-refractivity contribution in [3.05, 3.63) is 46.6 Å². The maximum Gasteiger partial charge on any atom is 0.123 e. The maximum absolute atomic E-state index is 6.10. The number of hydrogen-bond acceptors (Lipinski definition) is 4. The molecule has 1 aromatic carbocycles. The molecular formula is C11H14ClN5. The van der Waals surface area contributed by atoms with E-state index in [1.807, 2.05) is 24.3 Å². The Morgan fingerprint density at radius 3 is 2.76 bits per heavy atom. The van der Waals surface area contributed by atoms with E-state index < -0.39 is 0 Å². The van der Waals surface area contributed by atoms with Gasteiger partial charge in [-0.1, -0.05) is 29.8 Å². The smallest absolute Gasteiger partial charge is 0.123 e. The van der Waals surface area contributed by atoms with Crippen molar-refractivity contribution in [3.8, 4) is 0 Å². The number of anilines is 1. The molecule has 0 amide bonds. The van der Waals surface area contributed by atoms with Crippen LogP contribution in [0.2, 0.25) is 5.02 Å². The minimum atomic E-state index is -0.117. The molecule has 0 bridgehead atoms. The van der Waals surface area contributed by atoms with Gasteiger partial charge in [-0.15, -0.1) is 0 Å². The highest BCUT2D eigenvalue weighted by atomic mass is 35.5. The predicted molar refractivity (Wildman–Crippen MR) is 68.2 cm³/mol. The summed E-state index contributed by atoms with van der Waals surface area (Å²) in [5.74, 6) is 6.05. The molecule has 0 fully saturated rings. The molecule has 17 heavy (non-hydrogen) atoms. The van der Waals surface area contributed by atoms with Gasteiger partial charge in [0, 0.05) is 10.6 Å². The van der Waals surface area contributed by atoms with Crippen LogP contribution in [0.4, 0.5) is 5.82 Å². The molecule has 1 heterocycles. The van der Waals surface area contributed by atoms with E-state index in [9.17, 15) is 0 Å². The van der Waals surface area contributed by atoms with Crippen molar-refractivity contribution in [2.45, 2.75) is 12.5 Å². The molecule has 0 saturated carbocycles. The Balaban J connectivity index is 2.22. The van der Waals surface area contributed by atoms with Crippen molar-refractivity contribution in [2.75, 3.05) is 5.73 Å². The molecule has 0 spiro atoms. The van der Waals surface area contributed by atoms with Crippen LogP contribution in [0.25, 0.3) is 0 Å². The summed E-state index contributed by atoms with van der Waals surface area (Å²) in [7, 11) is 0. The monoisotopic (exact) mass is 251 g/mol. The Hall–Kier alpha value is -1.56. The zero-order chi connectivity index (χ0) is 12.3. The lowest BCUT2D eigenvalue weighted by molar-refractivity contribution is 0.554. The van der Waals surface area contributed by atoms with Crippen molar-refractivity contribution >= 4 is 17.4 Å². The number of halogens is 1. The van der Waals surface area contributed by atoms with Crippen LogP contribution in [0.1, 0.15) is 17.2 Å². The van der Waals surface area contributed by atoms with Gasteiger partial charge in [-0.3, -0.25) is 16.4 Å². The molecule has 6 N–H and O–H groups in total. The quantitative estimate of drug-likeness (QED) is 0.488. The molecule has 2 rings (SSSR count). The summed E-state index contributed by atoms with van der Waals surface area (Å²) < 4.78 is 0. The van der Waals surface area contributed by atoms with E-state index in [1.54, 1.807) is 6.20 Å². The summed E-state index contributed by atoms with van der Waals surface area (Å²) in [5, 5.41) is 7.28. The zero-order valence-corrected chi connectivity index (χ0v) is 9.91. The Morgan fingerprint density at radius 2 is 2.18 bits per heavy atom. The van der Waals surface area contributed by atoms with E-state index in [0.29, 0.717) is 12.2 Å². The highest BCUT2D eigenvalue weighted by molar-refractivity contribution is 6.31. The number of nitrogen functional groups attached to an aromatic ring is 1. The average Bonchev–Trinajstić information content (AvgIpc) is 2.75. The molecule has 2 aromatic rings. The summed E-state index contributed by atoms with van der Waals surface area (Å²) in [4.78, 5) is 0. The first kappa shape index (κ1) is 11.9. The van der Waals surface area contributed by atoms with Gasteiger partial charge in [0.2, 0.25) is 0 Å². The van der Waals surface area contributed by atoms with E-state index in [4.69, 9.17) is 23.2 Å². The van der Waals surface area contributed by atoms with Crippen molar-refractivity contribution in [1.29, 1.82) is 0 Å². The van der Waals surface area contributed by atoms with Gasteiger partial charge in [0.1, 0.15) is 5.82 Å². The van der Waals surface area contributed by atoms with Gasteiger partial charge in [0.05, 0.1) is 12.2 Å². The molecule has 0 aliphatic rings. The molecule has 0 radical (unpaired) electrons. The maximum atomic E-state index is 6.10. The summed E-state index contributed by atoms with van der Waals surface area (Å²) in [6.07, 6.45) is 2.32. The fourth-order valence-electron chi connectivity index (χ4n) is 1.73. The lowest BCUT2D eigenvalue weighted by atomic mass is 10.0. The molecule has 90 valence electrons. The number of nitrogens with one attached hydrogen (secondary N) is 2. The van der Waals surface area contributed by atoms with Gasteiger partial charge in [-0.25, -0.2) is 0 Å². The molecular weight excluding hydrogens is 238 g/mol. The third-order valence-corrected chi connectivity index (χ3v) is 3.03. The number of H-pyrrole nitrogens is 1. The second-order valence-electron chi connectivity index (χ2n) is 3.75. The van der Waals surface area contributed by atoms with Gasteiger partial charge < -0.3 is 5.73 Å². The zero-order valence-electron chi connectivity index (χ0n) is 9.15. The molecule has 1 unspecified atom stereocenters. The van der Waals surface area contributed by atoms with Crippen LogP contribution in [-0.2, 0) is 6.42 Å². The summed E-state index contributed by atoms with van der Waals surface area (Å²) in [6, 6.07) is 7.52. The Labute approximate surface area is 104 Å². The number of hydrogen-bond donors (Lipinski definition) is 4. The van der Waals surface area contributed by atoms with Crippen LogP contribution in [0.5, 0.6) is 0 Å². The summed E-state index contributed by atoms with van der Waals surface area (Å²) in [6.45, 7) is 0. The predicted octanol–water partition coefficient (Wildman–Crippen LogP) is 1.39. The second kappa shape index (κ2) is 5.18. The van der Waals surface area contributed by atoms with Crippen LogP contribution in [0.15, 0.2) is 30.5 Å².